The maximum absolute atomic E-state index is 5.02. The molecule has 14 heavy (non-hydrogen) atoms. The third-order valence-electron chi connectivity index (χ3n) is 3.60. The maximum Gasteiger partial charge on any atom is 0.0587 e. The molecule has 0 heterocycles. The molecule has 2 nitrogen and oxygen atoms in total. The van der Waals surface area contributed by atoms with Crippen molar-refractivity contribution in [2.75, 3.05) is 26.8 Å². The first-order valence-electron chi connectivity index (χ1n) is 5.86. The van der Waals surface area contributed by atoms with Gasteiger partial charge < -0.3 is 10.1 Å². The van der Waals surface area contributed by atoms with Gasteiger partial charge in [0.1, 0.15) is 0 Å². The van der Waals surface area contributed by atoms with Crippen LogP contribution in [0, 0.1) is 11.3 Å². The van der Waals surface area contributed by atoms with Crippen LogP contribution in [0.5, 0.6) is 0 Å². The molecule has 1 aliphatic carbocycles. The van der Waals surface area contributed by atoms with Crippen molar-refractivity contribution in [3.63, 3.8) is 0 Å². The molecule has 0 bridgehead atoms. The van der Waals surface area contributed by atoms with Gasteiger partial charge in [-0.1, -0.05) is 26.7 Å². The molecule has 1 aliphatic rings. The largest absolute Gasteiger partial charge is 0.383 e. The number of rotatable bonds is 5. The lowest BCUT2D eigenvalue weighted by Crippen LogP contribution is -2.37. The third kappa shape index (κ3) is 3.58. The van der Waals surface area contributed by atoms with E-state index in [0.717, 1.165) is 25.6 Å². The zero-order valence-corrected chi connectivity index (χ0v) is 9.94. The van der Waals surface area contributed by atoms with E-state index in [1.807, 2.05) is 0 Å². The lowest BCUT2D eigenvalue weighted by molar-refractivity contribution is 0.130. The van der Waals surface area contributed by atoms with Gasteiger partial charge in [0.05, 0.1) is 6.61 Å². The van der Waals surface area contributed by atoms with Crippen molar-refractivity contribution in [2.24, 2.45) is 11.3 Å². The van der Waals surface area contributed by atoms with E-state index in [4.69, 9.17) is 4.74 Å². The Morgan fingerprint density at radius 3 is 2.79 bits per heavy atom. The summed E-state index contributed by atoms with van der Waals surface area (Å²) in [5, 5.41) is 3.49. The van der Waals surface area contributed by atoms with Gasteiger partial charge in [-0.15, -0.1) is 0 Å². The van der Waals surface area contributed by atoms with Crippen molar-refractivity contribution in [1.82, 2.24) is 5.32 Å². The first-order chi connectivity index (χ1) is 6.67. The van der Waals surface area contributed by atoms with E-state index in [2.05, 4.69) is 19.2 Å². The lowest BCUT2D eigenvalue weighted by Gasteiger charge is -2.38. The summed E-state index contributed by atoms with van der Waals surface area (Å²) in [5.41, 5.74) is 0.540. The Hall–Kier alpha value is -0.0800. The van der Waals surface area contributed by atoms with Crippen LogP contribution in [0.15, 0.2) is 0 Å². The van der Waals surface area contributed by atoms with Crippen LogP contribution in [0.4, 0.5) is 0 Å². The molecule has 84 valence electrons. The van der Waals surface area contributed by atoms with E-state index >= 15 is 0 Å². The van der Waals surface area contributed by atoms with Gasteiger partial charge in [0.25, 0.3) is 0 Å². The minimum absolute atomic E-state index is 0.540. The van der Waals surface area contributed by atoms with Gasteiger partial charge in [0, 0.05) is 13.7 Å². The van der Waals surface area contributed by atoms with E-state index in [1.54, 1.807) is 7.11 Å². The van der Waals surface area contributed by atoms with E-state index < -0.39 is 0 Å². The van der Waals surface area contributed by atoms with Crippen molar-refractivity contribution in [2.45, 2.75) is 39.5 Å². The van der Waals surface area contributed by atoms with Crippen molar-refractivity contribution in [3.8, 4) is 0 Å². The monoisotopic (exact) mass is 199 g/mol. The summed E-state index contributed by atoms with van der Waals surface area (Å²) in [4.78, 5) is 0. The minimum atomic E-state index is 0.540. The van der Waals surface area contributed by atoms with Crippen LogP contribution in [0.2, 0.25) is 0 Å². The number of methoxy groups -OCH3 is 1. The maximum atomic E-state index is 5.02. The molecule has 0 spiro atoms. The number of hydrogen-bond acceptors (Lipinski definition) is 2. The summed E-state index contributed by atoms with van der Waals surface area (Å²) < 4.78 is 5.02. The zero-order chi connectivity index (χ0) is 10.4. The SMILES string of the molecule is COCCNCC1CCCCC1(C)C. The fraction of sp³-hybridized carbons (Fsp3) is 1.00. The fourth-order valence-electron chi connectivity index (χ4n) is 2.40. The fourth-order valence-corrected chi connectivity index (χ4v) is 2.40. The molecule has 1 rings (SSSR count). The van der Waals surface area contributed by atoms with Crippen LogP contribution in [-0.4, -0.2) is 26.8 Å². The smallest absolute Gasteiger partial charge is 0.0587 e. The number of ether oxygens (including phenoxy) is 1. The molecule has 0 aromatic rings. The van der Waals surface area contributed by atoms with Crippen LogP contribution in [-0.2, 0) is 4.74 Å². The van der Waals surface area contributed by atoms with Gasteiger partial charge in [0.15, 0.2) is 0 Å². The van der Waals surface area contributed by atoms with Gasteiger partial charge in [0.2, 0.25) is 0 Å². The molecular weight excluding hydrogens is 174 g/mol. The molecule has 0 amide bonds. The van der Waals surface area contributed by atoms with Gasteiger partial charge in [-0.3, -0.25) is 0 Å². The summed E-state index contributed by atoms with van der Waals surface area (Å²) in [5.74, 6) is 0.855. The molecule has 1 N–H and O–H groups in total. The molecule has 0 radical (unpaired) electrons. The van der Waals surface area contributed by atoms with Crippen LogP contribution < -0.4 is 5.32 Å². The second-order valence-corrected chi connectivity index (χ2v) is 5.13. The minimum Gasteiger partial charge on any atom is -0.383 e. The van der Waals surface area contributed by atoms with Crippen molar-refractivity contribution in [1.29, 1.82) is 0 Å². The predicted octanol–water partition coefficient (Wildman–Crippen LogP) is 2.44. The van der Waals surface area contributed by atoms with E-state index in [9.17, 15) is 0 Å². The topological polar surface area (TPSA) is 21.3 Å². The first-order valence-corrected chi connectivity index (χ1v) is 5.86. The average molecular weight is 199 g/mol. The average Bonchev–Trinajstić information content (AvgIpc) is 2.14. The van der Waals surface area contributed by atoms with Gasteiger partial charge in [-0.2, -0.15) is 0 Å². The Kier molecular flexibility index (Phi) is 4.90. The second-order valence-electron chi connectivity index (χ2n) is 5.13. The lowest BCUT2D eigenvalue weighted by atomic mass is 9.69. The standard InChI is InChI=1S/C12H25NO/c1-12(2)7-5-4-6-11(12)10-13-8-9-14-3/h11,13H,4-10H2,1-3H3. The van der Waals surface area contributed by atoms with Crippen LogP contribution >= 0.6 is 0 Å². The molecule has 1 saturated carbocycles. The van der Waals surface area contributed by atoms with Crippen molar-refractivity contribution >= 4 is 0 Å². The van der Waals surface area contributed by atoms with E-state index in [-0.39, 0.29) is 0 Å². The zero-order valence-electron chi connectivity index (χ0n) is 9.94. The summed E-state index contributed by atoms with van der Waals surface area (Å²) in [6, 6.07) is 0. The van der Waals surface area contributed by atoms with E-state index in [0.29, 0.717) is 5.41 Å². The van der Waals surface area contributed by atoms with Crippen LogP contribution in [0.1, 0.15) is 39.5 Å². The molecule has 0 aromatic heterocycles. The van der Waals surface area contributed by atoms with Crippen molar-refractivity contribution in [3.05, 3.63) is 0 Å². The molecule has 1 atom stereocenters. The molecule has 1 fully saturated rings. The van der Waals surface area contributed by atoms with Crippen LogP contribution in [0.25, 0.3) is 0 Å². The van der Waals surface area contributed by atoms with Gasteiger partial charge in [-0.05, 0) is 30.7 Å². The summed E-state index contributed by atoms with van der Waals surface area (Å²) in [6.07, 6.45) is 5.62. The highest BCUT2D eigenvalue weighted by Gasteiger charge is 2.31. The van der Waals surface area contributed by atoms with Gasteiger partial charge in [-0.25, -0.2) is 0 Å². The predicted molar refractivity (Wildman–Crippen MR) is 60.5 cm³/mol. The summed E-state index contributed by atoms with van der Waals surface area (Å²) in [6.45, 7) is 7.80. The van der Waals surface area contributed by atoms with Crippen molar-refractivity contribution < 1.29 is 4.74 Å². The highest BCUT2D eigenvalue weighted by Crippen LogP contribution is 2.39. The Labute approximate surface area is 88.4 Å². The second kappa shape index (κ2) is 5.72. The normalized spacial score (nSPS) is 26.4. The Morgan fingerprint density at radius 2 is 2.14 bits per heavy atom. The quantitative estimate of drug-likeness (QED) is 0.687. The molecular formula is C12H25NO. The first kappa shape index (κ1) is 12.0. The molecule has 0 saturated heterocycles. The molecule has 0 aromatic carbocycles. The molecule has 0 aliphatic heterocycles. The molecule has 1 unspecified atom stereocenters. The number of nitrogens with one attached hydrogen (secondary N) is 1. The summed E-state index contributed by atoms with van der Waals surface area (Å²) >= 11 is 0. The Balaban J connectivity index is 2.20. The highest BCUT2D eigenvalue weighted by molar-refractivity contribution is 4.83. The summed E-state index contributed by atoms with van der Waals surface area (Å²) in [7, 11) is 1.76. The Bertz CT molecular complexity index is 156. The highest BCUT2D eigenvalue weighted by atomic mass is 16.5. The third-order valence-corrected chi connectivity index (χ3v) is 3.60. The molecule has 2 heteroatoms. The number of hydrogen-bond donors (Lipinski definition) is 1. The van der Waals surface area contributed by atoms with Gasteiger partial charge >= 0.3 is 0 Å². The Morgan fingerprint density at radius 1 is 1.36 bits per heavy atom. The van der Waals surface area contributed by atoms with E-state index in [1.165, 1.54) is 25.7 Å². The van der Waals surface area contributed by atoms with Crippen LogP contribution in [0.3, 0.4) is 0 Å².